The molecule has 5 nitrogen and oxygen atoms in total. The number of carbonyl (C=O) groups is 2. The van der Waals surface area contributed by atoms with Gasteiger partial charge in [-0.3, -0.25) is 9.00 Å². The molecule has 0 saturated heterocycles. The molecule has 1 unspecified atom stereocenters. The Morgan fingerprint density at radius 3 is 2.33 bits per heavy atom. The predicted molar refractivity (Wildman–Crippen MR) is 58.4 cm³/mol. The summed E-state index contributed by atoms with van der Waals surface area (Å²) in [4.78, 5) is 21.3. The van der Waals surface area contributed by atoms with Gasteiger partial charge in [0.05, 0.1) is 5.75 Å². The molecule has 0 aromatic carbocycles. The van der Waals surface area contributed by atoms with E-state index in [1.54, 1.807) is 0 Å². The van der Waals surface area contributed by atoms with E-state index in [1.807, 2.05) is 0 Å². The second-order valence-electron chi connectivity index (χ2n) is 3.62. The molecule has 9 heteroatoms. The number of carbonyl (C=O) groups excluding carboxylic acids is 1. The van der Waals surface area contributed by atoms with E-state index in [1.165, 1.54) is 0 Å². The predicted octanol–water partition coefficient (Wildman–Crippen LogP) is 0.667. The normalized spacial score (nSPS) is 14.9. The number of hydrogen-bond acceptors (Lipinski definition) is 3. The van der Waals surface area contributed by atoms with Gasteiger partial charge < -0.3 is 10.4 Å². The summed E-state index contributed by atoms with van der Waals surface area (Å²) in [6, 6.07) is -1.34. The number of amides is 1. The summed E-state index contributed by atoms with van der Waals surface area (Å²) in [6.45, 7) is 1.10. The van der Waals surface area contributed by atoms with Crippen molar-refractivity contribution in [1.82, 2.24) is 5.32 Å². The third-order valence-electron chi connectivity index (χ3n) is 1.86. The number of rotatable bonds is 7. The molecule has 0 fully saturated rings. The van der Waals surface area contributed by atoms with E-state index in [0.29, 0.717) is 0 Å². The zero-order valence-electron chi connectivity index (χ0n) is 9.62. The number of aliphatic carboxylic acids is 1. The Kier molecular flexibility index (Phi) is 6.89. The van der Waals surface area contributed by atoms with Gasteiger partial charge in [0, 0.05) is 29.9 Å². The molecule has 0 aromatic rings. The van der Waals surface area contributed by atoms with Crippen LogP contribution >= 0.6 is 0 Å². The average Bonchev–Trinajstić information content (AvgIpc) is 2.13. The highest BCUT2D eigenvalue weighted by molar-refractivity contribution is 7.85. The van der Waals surface area contributed by atoms with Gasteiger partial charge in [0.15, 0.2) is 0 Å². The van der Waals surface area contributed by atoms with Gasteiger partial charge >= 0.3 is 12.1 Å². The third-order valence-corrected chi connectivity index (χ3v) is 3.31. The first-order valence-electron chi connectivity index (χ1n) is 5.03. The molecule has 0 spiro atoms. The van der Waals surface area contributed by atoms with E-state index >= 15 is 0 Å². The van der Waals surface area contributed by atoms with Crippen LogP contribution in [-0.2, 0) is 20.4 Å². The lowest BCUT2D eigenvalue weighted by Gasteiger charge is -2.13. The zero-order valence-corrected chi connectivity index (χ0v) is 10.4. The first-order chi connectivity index (χ1) is 8.11. The van der Waals surface area contributed by atoms with Gasteiger partial charge in [-0.15, -0.1) is 0 Å². The van der Waals surface area contributed by atoms with Crippen molar-refractivity contribution in [2.75, 3.05) is 11.5 Å². The Balaban J connectivity index is 4.11. The van der Waals surface area contributed by atoms with Gasteiger partial charge in [-0.05, 0) is 6.42 Å². The monoisotopic (exact) mass is 289 g/mol. The van der Waals surface area contributed by atoms with Crippen molar-refractivity contribution in [3.05, 3.63) is 0 Å². The number of halogens is 3. The molecular weight excluding hydrogens is 275 g/mol. The number of hydrogen-bond donors (Lipinski definition) is 2. The second-order valence-corrected chi connectivity index (χ2v) is 5.24. The fourth-order valence-electron chi connectivity index (χ4n) is 1.12. The van der Waals surface area contributed by atoms with Gasteiger partial charge in [-0.25, -0.2) is 4.79 Å². The molecule has 0 heterocycles. The molecule has 2 N–H and O–H groups in total. The molecule has 0 rings (SSSR count). The quantitative estimate of drug-likeness (QED) is 0.721. The Labute approximate surface area is 104 Å². The minimum Gasteiger partial charge on any atom is -0.480 e. The highest BCUT2D eigenvalue weighted by Gasteiger charge is 2.27. The summed E-state index contributed by atoms with van der Waals surface area (Å²) in [5, 5.41) is 10.8. The van der Waals surface area contributed by atoms with Crippen LogP contribution in [0.4, 0.5) is 13.2 Å². The molecule has 0 bridgehead atoms. The van der Waals surface area contributed by atoms with Gasteiger partial charge in [-0.1, -0.05) is 0 Å². The molecule has 0 aliphatic heterocycles. The van der Waals surface area contributed by atoms with Crippen molar-refractivity contribution in [3.63, 3.8) is 0 Å². The van der Waals surface area contributed by atoms with E-state index in [9.17, 15) is 27.0 Å². The zero-order chi connectivity index (χ0) is 14.3. The van der Waals surface area contributed by atoms with Crippen LogP contribution in [0.1, 0.15) is 19.8 Å². The summed E-state index contributed by atoms with van der Waals surface area (Å²) in [6.07, 6.45) is -5.70. The highest BCUT2D eigenvalue weighted by atomic mass is 32.2. The summed E-state index contributed by atoms with van der Waals surface area (Å²) in [5.74, 6) is -2.61. The summed E-state index contributed by atoms with van der Waals surface area (Å²) in [5.41, 5.74) is 0. The van der Waals surface area contributed by atoms with Crippen LogP contribution in [0.25, 0.3) is 0 Å². The summed E-state index contributed by atoms with van der Waals surface area (Å²) in [7, 11) is -1.72. The maximum atomic E-state index is 11.8. The van der Waals surface area contributed by atoms with Crippen LogP contribution in [0.15, 0.2) is 0 Å². The minimum atomic E-state index is -4.31. The van der Waals surface area contributed by atoms with Crippen molar-refractivity contribution in [2.24, 2.45) is 0 Å². The lowest BCUT2D eigenvalue weighted by Crippen LogP contribution is -2.43. The van der Waals surface area contributed by atoms with Crippen LogP contribution < -0.4 is 5.32 Å². The lowest BCUT2D eigenvalue weighted by atomic mass is 10.3. The molecule has 18 heavy (non-hydrogen) atoms. The Hall–Kier alpha value is -1.12. The van der Waals surface area contributed by atoms with E-state index in [-0.39, 0.29) is 12.2 Å². The molecule has 1 amide bonds. The van der Waals surface area contributed by atoms with Gasteiger partial charge in [0.1, 0.15) is 6.04 Å². The van der Waals surface area contributed by atoms with Crippen molar-refractivity contribution in [2.45, 2.75) is 32.0 Å². The first kappa shape index (κ1) is 16.9. The lowest BCUT2D eigenvalue weighted by molar-refractivity contribution is -0.140. The van der Waals surface area contributed by atoms with Gasteiger partial charge in [-0.2, -0.15) is 13.2 Å². The third kappa shape index (κ3) is 8.97. The van der Waals surface area contributed by atoms with Crippen LogP contribution in [0, 0.1) is 0 Å². The van der Waals surface area contributed by atoms with Crippen LogP contribution in [-0.4, -0.2) is 44.9 Å². The fourth-order valence-corrected chi connectivity index (χ4v) is 2.35. The molecule has 0 aliphatic carbocycles. The molecule has 106 valence electrons. The van der Waals surface area contributed by atoms with Crippen LogP contribution in [0.2, 0.25) is 0 Å². The maximum Gasteiger partial charge on any atom is 0.389 e. The highest BCUT2D eigenvalue weighted by Crippen LogP contribution is 2.21. The first-order valence-corrected chi connectivity index (χ1v) is 6.52. The number of carboxylic acids is 1. The Morgan fingerprint density at radius 2 is 1.94 bits per heavy atom. The van der Waals surface area contributed by atoms with Gasteiger partial charge in [0.25, 0.3) is 0 Å². The molecule has 0 aromatic heterocycles. The summed E-state index contributed by atoms with van der Waals surface area (Å²) < 4.78 is 46.8. The largest absolute Gasteiger partial charge is 0.480 e. The smallest absolute Gasteiger partial charge is 0.389 e. The molecule has 0 radical (unpaired) electrons. The number of alkyl halides is 3. The number of carboxylic acid groups (broad SMARTS) is 1. The Morgan fingerprint density at radius 1 is 1.39 bits per heavy atom. The molecule has 0 saturated carbocycles. The maximum absolute atomic E-state index is 11.8. The molecule has 0 aliphatic rings. The van der Waals surface area contributed by atoms with E-state index in [0.717, 1.165) is 6.92 Å². The second kappa shape index (κ2) is 7.34. The van der Waals surface area contributed by atoms with Crippen molar-refractivity contribution in [3.8, 4) is 0 Å². The summed E-state index contributed by atoms with van der Waals surface area (Å²) >= 11 is 0. The minimum absolute atomic E-state index is 0.247. The molecular formula is C9H14F3NO4S. The van der Waals surface area contributed by atoms with E-state index in [4.69, 9.17) is 5.11 Å². The average molecular weight is 289 g/mol. The van der Waals surface area contributed by atoms with Crippen LogP contribution in [0.5, 0.6) is 0 Å². The van der Waals surface area contributed by atoms with E-state index < -0.39 is 47.1 Å². The SMILES string of the molecule is CC(=O)N[C@@H](CS(=O)CCCC(F)(F)F)C(=O)O. The van der Waals surface area contributed by atoms with E-state index in [2.05, 4.69) is 5.32 Å². The van der Waals surface area contributed by atoms with Gasteiger partial charge in [0.2, 0.25) is 5.91 Å². The van der Waals surface area contributed by atoms with Crippen molar-refractivity contribution >= 4 is 22.7 Å². The van der Waals surface area contributed by atoms with Crippen molar-refractivity contribution < 1.29 is 32.1 Å². The van der Waals surface area contributed by atoms with Crippen molar-refractivity contribution in [1.29, 1.82) is 0 Å². The standard InChI is InChI=1S/C9H14F3NO4S/c1-6(14)13-7(8(15)16)5-18(17)4-2-3-9(10,11)12/h7H,2-5H2,1H3,(H,13,14)(H,15,16)/t7-,18?/m0/s1. The molecule has 2 atom stereocenters. The fraction of sp³-hybridized carbons (Fsp3) is 0.778. The van der Waals surface area contributed by atoms with Crippen LogP contribution in [0.3, 0.4) is 0 Å². The topological polar surface area (TPSA) is 83.5 Å². The number of nitrogens with one attached hydrogen (secondary N) is 1. The Bertz CT molecular complexity index is 332.